The van der Waals surface area contributed by atoms with E-state index in [9.17, 15) is 0 Å². The Morgan fingerprint density at radius 3 is 2.81 bits per heavy atom. The summed E-state index contributed by atoms with van der Waals surface area (Å²) in [5, 5.41) is 0. The number of rotatable bonds is 5. The maximum Gasteiger partial charge on any atom is 0.120 e. The molecule has 16 heavy (non-hydrogen) atoms. The second-order valence-electron chi connectivity index (χ2n) is 4.03. The standard InChI is InChI=1S/C12H16BrNO2/c13-9-2-1-3-11(6-9)15-4-5-16-12-7-10(14)8-12/h1-3,6,10,12H,4-5,7-8,14H2. The Balaban J connectivity index is 1.61. The Kier molecular flexibility index (Phi) is 4.21. The average Bonchev–Trinajstić information content (AvgIpc) is 2.21. The van der Waals surface area contributed by atoms with Crippen molar-refractivity contribution >= 4 is 15.9 Å². The van der Waals surface area contributed by atoms with E-state index in [1.165, 1.54) is 0 Å². The van der Waals surface area contributed by atoms with E-state index in [1.54, 1.807) is 0 Å². The predicted molar refractivity (Wildman–Crippen MR) is 66.6 cm³/mol. The zero-order chi connectivity index (χ0) is 11.4. The molecule has 0 unspecified atom stereocenters. The van der Waals surface area contributed by atoms with Gasteiger partial charge in [-0.05, 0) is 31.0 Å². The molecule has 88 valence electrons. The van der Waals surface area contributed by atoms with Gasteiger partial charge >= 0.3 is 0 Å². The maximum absolute atomic E-state index is 5.66. The molecule has 3 nitrogen and oxygen atoms in total. The van der Waals surface area contributed by atoms with E-state index in [2.05, 4.69) is 15.9 Å². The second kappa shape index (κ2) is 5.66. The molecule has 1 aliphatic rings. The van der Waals surface area contributed by atoms with Crippen molar-refractivity contribution in [3.63, 3.8) is 0 Å². The first-order valence-electron chi connectivity index (χ1n) is 5.49. The third kappa shape index (κ3) is 3.47. The number of benzene rings is 1. The summed E-state index contributed by atoms with van der Waals surface area (Å²) in [6.07, 6.45) is 2.31. The highest BCUT2D eigenvalue weighted by Crippen LogP contribution is 2.21. The first-order valence-corrected chi connectivity index (χ1v) is 6.29. The highest BCUT2D eigenvalue weighted by atomic mass is 79.9. The smallest absolute Gasteiger partial charge is 0.120 e. The Hall–Kier alpha value is -0.580. The van der Waals surface area contributed by atoms with Crippen LogP contribution in [0.2, 0.25) is 0 Å². The van der Waals surface area contributed by atoms with Gasteiger partial charge in [-0.1, -0.05) is 22.0 Å². The SMILES string of the molecule is NC1CC(OCCOc2cccc(Br)c2)C1. The summed E-state index contributed by atoms with van der Waals surface area (Å²) in [7, 11) is 0. The van der Waals surface area contributed by atoms with Crippen molar-refractivity contribution in [3.05, 3.63) is 28.7 Å². The van der Waals surface area contributed by atoms with Gasteiger partial charge in [0.15, 0.2) is 0 Å². The molecule has 2 rings (SSSR count). The van der Waals surface area contributed by atoms with Crippen LogP contribution in [0.3, 0.4) is 0 Å². The van der Waals surface area contributed by atoms with Gasteiger partial charge in [0.1, 0.15) is 12.4 Å². The minimum atomic E-state index is 0.344. The van der Waals surface area contributed by atoms with Crippen molar-refractivity contribution in [3.8, 4) is 5.75 Å². The van der Waals surface area contributed by atoms with Crippen LogP contribution >= 0.6 is 15.9 Å². The number of hydrogen-bond acceptors (Lipinski definition) is 3. The third-order valence-corrected chi connectivity index (χ3v) is 3.13. The van der Waals surface area contributed by atoms with Crippen LogP contribution in [0.1, 0.15) is 12.8 Å². The minimum Gasteiger partial charge on any atom is -0.491 e. The molecule has 0 heterocycles. The quantitative estimate of drug-likeness (QED) is 0.845. The molecule has 1 aromatic carbocycles. The van der Waals surface area contributed by atoms with Gasteiger partial charge in [0, 0.05) is 10.5 Å². The molecule has 0 amide bonds. The topological polar surface area (TPSA) is 44.5 Å². The Labute approximate surface area is 104 Å². The first-order chi connectivity index (χ1) is 7.74. The fourth-order valence-corrected chi connectivity index (χ4v) is 2.05. The predicted octanol–water partition coefficient (Wildman–Crippen LogP) is 2.33. The third-order valence-electron chi connectivity index (χ3n) is 2.63. The molecular formula is C12H16BrNO2. The zero-order valence-corrected chi connectivity index (χ0v) is 10.7. The van der Waals surface area contributed by atoms with Crippen LogP contribution in [0.25, 0.3) is 0 Å². The van der Waals surface area contributed by atoms with Crippen LogP contribution in [0.4, 0.5) is 0 Å². The molecule has 1 fully saturated rings. The minimum absolute atomic E-state index is 0.344. The first kappa shape index (κ1) is 11.9. The molecule has 0 aromatic heterocycles. The lowest BCUT2D eigenvalue weighted by atomic mass is 9.90. The van der Waals surface area contributed by atoms with Crippen LogP contribution in [-0.4, -0.2) is 25.4 Å². The Bertz CT molecular complexity index is 340. The molecule has 0 radical (unpaired) electrons. The summed E-state index contributed by atoms with van der Waals surface area (Å²) < 4.78 is 12.2. The zero-order valence-electron chi connectivity index (χ0n) is 9.06. The molecular weight excluding hydrogens is 270 g/mol. The van der Waals surface area contributed by atoms with Crippen molar-refractivity contribution in [1.29, 1.82) is 0 Å². The van der Waals surface area contributed by atoms with E-state index in [1.807, 2.05) is 24.3 Å². The van der Waals surface area contributed by atoms with Crippen LogP contribution in [-0.2, 0) is 4.74 Å². The molecule has 0 aliphatic heterocycles. The Morgan fingerprint density at radius 2 is 2.12 bits per heavy atom. The lowest BCUT2D eigenvalue weighted by Gasteiger charge is -2.32. The molecule has 0 bridgehead atoms. The fourth-order valence-electron chi connectivity index (χ4n) is 1.67. The molecule has 2 N–H and O–H groups in total. The van der Waals surface area contributed by atoms with Crippen molar-refractivity contribution in [2.24, 2.45) is 5.73 Å². The van der Waals surface area contributed by atoms with Crippen molar-refractivity contribution in [2.75, 3.05) is 13.2 Å². The summed E-state index contributed by atoms with van der Waals surface area (Å²) in [6.45, 7) is 1.21. The van der Waals surface area contributed by atoms with Crippen LogP contribution in [0.15, 0.2) is 28.7 Å². The number of hydrogen-bond donors (Lipinski definition) is 1. The molecule has 4 heteroatoms. The van der Waals surface area contributed by atoms with Gasteiger partial charge in [-0.15, -0.1) is 0 Å². The summed E-state index contributed by atoms with van der Waals surface area (Å²) >= 11 is 3.40. The number of halogens is 1. The molecule has 0 spiro atoms. The fraction of sp³-hybridized carbons (Fsp3) is 0.500. The molecule has 1 saturated carbocycles. The molecule has 1 aromatic rings. The van der Waals surface area contributed by atoms with Crippen molar-refractivity contribution in [1.82, 2.24) is 0 Å². The van der Waals surface area contributed by atoms with Gasteiger partial charge in [-0.25, -0.2) is 0 Å². The van der Waals surface area contributed by atoms with Gasteiger partial charge in [0.25, 0.3) is 0 Å². The van der Waals surface area contributed by atoms with E-state index in [4.69, 9.17) is 15.2 Å². The largest absolute Gasteiger partial charge is 0.491 e. The maximum atomic E-state index is 5.66. The van der Waals surface area contributed by atoms with E-state index >= 15 is 0 Å². The van der Waals surface area contributed by atoms with E-state index < -0.39 is 0 Å². The lowest BCUT2D eigenvalue weighted by Crippen LogP contribution is -2.42. The summed E-state index contributed by atoms with van der Waals surface area (Å²) in [6, 6.07) is 8.14. The lowest BCUT2D eigenvalue weighted by molar-refractivity contribution is -0.0197. The summed E-state index contributed by atoms with van der Waals surface area (Å²) in [5.74, 6) is 0.864. The summed E-state index contributed by atoms with van der Waals surface area (Å²) in [4.78, 5) is 0. The van der Waals surface area contributed by atoms with Crippen LogP contribution < -0.4 is 10.5 Å². The van der Waals surface area contributed by atoms with E-state index in [-0.39, 0.29) is 0 Å². The number of nitrogens with two attached hydrogens (primary N) is 1. The summed E-state index contributed by atoms with van der Waals surface area (Å²) in [5.41, 5.74) is 5.66. The van der Waals surface area contributed by atoms with Crippen molar-refractivity contribution in [2.45, 2.75) is 25.0 Å². The van der Waals surface area contributed by atoms with Gasteiger partial charge in [0.05, 0.1) is 12.7 Å². The number of ether oxygens (including phenoxy) is 2. The molecule has 0 atom stereocenters. The van der Waals surface area contributed by atoms with E-state index in [0.29, 0.717) is 25.4 Å². The van der Waals surface area contributed by atoms with Gasteiger partial charge in [0.2, 0.25) is 0 Å². The van der Waals surface area contributed by atoms with Gasteiger partial charge < -0.3 is 15.2 Å². The van der Waals surface area contributed by atoms with Crippen LogP contribution in [0, 0.1) is 0 Å². The van der Waals surface area contributed by atoms with Crippen molar-refractivity contribution < 1.29 is 9.47 Å². The monoisotopic (exact) mass is 285 g/mol. The highest BCUT2D eigenvalue weighted by molar-refractivity contribution is 9.10. The van der Waals surface area contributed by atoms with Gasteiger partial charge in [-0.3, -0.25) is 0 Å². The Morgan fingerprint density at radius 1 is 1.31 bits per heavy atom. The normalized spacial score (nSPS) is 23.9. The highest BCUT2D eigenvalue weighted by Gasteiger charge is 2.26. The second-order valence-corrected chi connectivity index (χ2v) is 4.95. The van der Waals surface area contributed by atoms with E-state index in [0.717, 1.165) is 23.1 Å². The average molecular weight is 286 g/mol. The molecule has 0 saturated heterocycles. The van der Waals surface area contributed by atoms with Gasteiger partial charge in [-0.2, -0.15) is 0 Å². The van der Waals surface area contributed by atoms with Crippen LogP contribution in [0.5, 0.6) is 5.75 Å². The molecule has 1 aliphatic carbocycles.